The Morgan fingerprint density at radius 3 is 2.40 bits per heavy atom. The average Bonchev–Trinajstić information content (AvgIpc) is 2.39. The number of carbonyl (C=O) groups is 1. The van der Waals surface area contributed by atoms with Crippen molar-refractivity contribution in [1.29, 1.82) is 0 Å². The second kappa shape index (κ2) is 7.32. The maximum absolute atomic E-state index is 12.1. The zero-order chi connectivity index (χ0) is 15.2. The number of hydrogen-bond donors (Lipinski definition) is 1. The lowest BCUT2D eigenvalue weighted by atomic mass is 9.93. The van der Waals surface area contributed by atoms with E-state index in [2.05, 4.69) is 13.8 Å². The van der Waals surface area contributed by atoms with Gasteiger partial charge in [0.15, 0.2) is 0 Å². The standard InChI is InChI=1S/C17H26O3/c1-5-17(4,12-6-7-13(2)3)20-16(19)14-8-10-15(18)11-9-14/h8-11,13,18H,5-7,12H2,1-4H3. The molecule has 1 atom stereocenters. The van der Waals surface area contributed by atoms with E-state index < -0.39 is 5.60 Å². The topological polar surface area (TPSA) is 46.5 Å². The van der Waals surface area contributed by atoms with Crippen LogP contribution >= 0.6 is 0 Å². The molecule has 0 aliphatic heterocycles. The molecule has 0 bridgehead atoms. The fourth-order valence-electron chi connectivity index (χ4n) is 2.06. The highest BCUT2D eigenvalue weighted by molar-refractivity contribution is 5.89. The van der Waals surface area contributed by atoms with Crippen LogP contribution in [0.25, 0.3) is 0 Å². The molecule has 0 fully saturated rings. The molecule has 0 spiro atoms. The normalized spacial score (nSPS) is 14.1. The van der Waals surface area contributed by atoms with Gasteiger partial charge in [-0.1, -0.05) is 27.2 Å². The Labute approximate surface area is 122 Å². The third kappa shape index (κ3) is 5.24. The van der Waals surface area contributed by atoms with Crippen LogP contribution in [0.1, 0.15) is 63.7 Å². The molecule has 0 aromatic heterocycles. The highest BCUT2D eigenvalue weighted by Gasteiger charge is 2.27. The van der Waals surface area contributed by atoms with Crippen molar-refractivity contribution in [2.24, 2.45) is 5.92 Å². The minimum atomic E-state index is -0.413. The summed E-state index contributed by atoms with van der Waals surface area (Å²) in [5.74, 6) is 0.500. The summed E-state index contributed by atoms with van der Waals surface area (Å²) >= 11 is 0. The van der Waals surface area contributed by atoms with Gasteiger partial charge in [-0.15, -0.1) is 0 Å². The quantitative estimate of drug-likeness (QED) is 0.745. The number of carbonyl (C=O) groups excluding carboxylic acids is 1. The van der Waals surface area contributed by atoms with Crippen LogP contribution in [0.15, 0.2) is 24.3 Å². The van der Waals surface area contributed by atoms with Crippen molar-refractivity contribution in [3.05, 3.63) is 29.8 Å². The smallest absolute Gasteiger partial charge is 0.338 e. The summed E-state index contributed by atoms with van der Waals surface area (Å²) < 4.78 is 5.67. The van der Waals surface area contributed by atoms with E-state index in [0.29, 0.717) is 11.5 Å². The van der Waals surface area contributed by atoms with Gasteiger partial charge in [0.1, 0.15) is 11.4 Å². The van der Waals surface area contributed by atoms with E-state index in [0.717, 1.165) is 25.7 Å². The summed E-state index contributed by atoms with van der Waals surface area (Å²) in [5.41, 5.74) is 0.0652. The third-order valence-electron chi connectivity index (χ3n) is 3.68. The Balaban J connectivity index is 2.62. The van der Waals surface area contributed by atoms with Crippen LogP contribution < -0.4 is 0 Å². The number of benzene rings is 1. The summed E-state index contributed by atoms with van der Waals surface area (Å²) in [4.78, 5) is 12.1. The van der Waals surface area contributed by atoms with Gasteiger partial charge in [0.05, 0.1) is 5.56 Å². The number of hydrogen-bond acceptors (Lipinski definition) is 3. The molecule has 1 aromatic rings. The molecule has 3 nitrogen and oxygen atoms in total. The van der Waals surface area contributed by atoms with Gasteiger partial charge < -0.3 is 9.84 Å². The summed E-state index contributed by atoms with van der Waals surface area (Å²) in [6.45, 7) is 8.43. The first-order valence-electron chi connectivity index (χ1n) is 7.38. The van der Waals surface area contributed by atoms with E-state index in [9.17, 15) is 9.90 Å². The lowest BCUT2D eigenvalue weighted by Crippen LogP contribution is -2.31. The molecule has 112 valence electrons. The van der Waals surface area contributed by atoms with Gasteiger partial charge in [-0.25, -0.2) is 4.79 Å². The largest absolute Gasteiger partial charge is 0.508 e. The van der Waals surface area contributed by atoms with Crippen LogP contribution in [0.5, 0.6) is 5.75 Å². The van der Waals surface area contributed by atoms with Gasteiger partial charge in [-0.05, 0) is 56.4 Å². The fraction of sp³-hybridized carbons (Fsp3) is 0.588. The Kier molecular flexibility index (Phi) is 6.05. The van der Waals surface area contributed by atoms with E-state index in [-0.39, 0.29) is 11.7 Å². The molecular weight excluding hydrogens is 252 g/mol. The first-order chi connectivity index (χ1) is 9.36. The monoisotopic (exact) mass is 278 g/mol. The van der Waals surface area contributed by atoms with E-state index in [1.807, 2.05) is 13.8 Å². The molecule has 3 heteroatoms. The lowest BCUT2D eigenvalue weighted by molar-refractivity contribution is -0.0167. The van der Waals surface area contributed by atoms with Crippen LogP contribution in [0.4, 0.5) is 0 Å². The maximum atomic E-state index is 12.1. The van der Waals surface area contributed by atoms with E-state index in [1.165, 1.54) is 12.1 Å². The van der Waals surface area contributed by atoms with Crippen molar-refractivity contribution in [3.8, 4) is 5.75 Å². The molecule has 0 saturated heterocycles. The molecule has 20 heavy (non-hydrogen) atoms. The number of phenols is 1. The summed E-state index contributed by atoms with van der Waals surface area (Å²) in [7, 11) is 0. The SMILES string of the molecule is CCC(C)(CCCC(C)C)OC(=O)c1ccc(O)cc1. The number of aromatic hydroxyl groups is 1. The summed E-state index contributed by atoms with van der Waals surface area (Å²) in [6.07, 6.45) is 3.89. The molecule has 1 aromatic carbocycles. The second-order valence-electron chi connectivity index (χ2n) is 6.03. The van der Waals surface area contributed by atoms with Crippen LogP contribution in [-0.2, 0) is 4.74 Å². The summed E-state index contributed by atoms with van der Waals surface area (Å²) in [6, 6.07) is 6.17. The van der Waals surface area contributed by atoms with Gasteiger partial charge in [0.2, 0.25) is 0 Å². The zero-order valence-electron chi connectivity index (χ0n) is 13.0. The molecule has 1 N–H and O–H groups in total. The van der Waals surface area contributed by atoms with Crippen molar-refractivity contribution in [2.45, 2.75) is 59.0 Å². The van der Waals surface area contributed by atoms with Crippen molar-refractivity contribution in [1.82, 2.24) is 0 Å². The minimum absolute atomic E-state index is 0.150. The maximum Gasteiger partial charge on any atom is 0.338 e. The number of phenolic OH excluding ortho intramolecular Hbond substituents is 1. The number of esters is 1. The molecule has 0 heterocycles. The lowest BCUT2D eigenvalue weighted by Gasteiger charge is -2.28. The molecule has 0 amide bonds. The zero-order valence-corrected chi connectivity index (χ0v) is 13.0. The van der Waals surface area contributed by atoms with Crippen molar-refractivity contribution >= 4 is 5.97 Å². The van der Waals surface area contributed by atoms with E-state index >= 15 is 0 Å². The third-order valence-corrected chi connectivity index (χ3v) is 3.68. The first-order valence-corrected chi connectivity index (χ1v) is 7.38. The van der Waals surface area contributed by atoms with Crippen LogP contribution in [-0.4, -0.2) is 16.7 Å². The molecule has 0 saturated carbocycles. The van der Waals surface area contributed by atoms with Crippen LogP contribution in [0, 0.1) is 5.92 Å². The van der Waals surface area contributed by atoms with Crippen molar-refractivity contribution in [2.75, 3.05) is 0 Å². The molecule has 1 unspecified atom stereocenters. The second-order valence-corrected chi connectivity index (χ2v) is 6.03. The Bertz CT molecular complexity index is 422. The Hall–Kier alpha value is -1.51. The molecule has 0 aliphatic carbocycles. The predicted octanol–water partition coefficient (Wildman–Crippen LogP) is 4.54. The van der Waals surface area contributed by atoms with E-state index in [1.54, 1.807) is 12.1 Å². The Morgan fingerprint density at radius 2 is 1.90 bits per heavy atom. The van der Waals surface area contributed by atoms with Crippen molar-refractivity contribution < 1.29 is 14.6 Å². The number of rotatable bonds is 7. The Morgan fingerprint density at radius 1 is 1.30 bits per heavy atom. The fourth-order valence-corrected chi connectivity index (χ4v) is 2.06. The molecule has 1 rings (SSSR count). The molecular formula is C17H26O3. The van der Waals surface area contributed by atoms with Crippen LogP contribution in [0.3, 0.4) is 0 Å². The molecule has 0 aliphatic rings. The van der Waals surface area contributed by atoms with Gasteiger partial charge in [0, 0.05) is 0 Å². The highest BCUT2D eigenvalue weighted by Crippen LogP contribution is 2.25. The van der Waals surface area contributed by atoms with Gasteiger partial charge in [-0.2, -0.15) is 0 Å². The van der Waals surface area contributed by atoms with Crippen LogP contribution in [0.2, 0.25) is 0 Å². The average molecular weight is 278 g/mol. The predicted molar refractivity (Wildman–Crippen MR) is 80.9 cm³/mol. The highest BCUT2D eigenvalue weighted by atomic mass is 16.6. The van der Waals surface area contributed by atoms with Crippen molar-refractivity contribution in [3.63, 3.8) is 0 Å². The van der Waals surface area contributed by atoms with Gasteiger partial charge in [-0.3, -0.25) is 0 Å². The molecule has 0 radical (unpaired) electrons. The van der Waals surface area contributed by atoms with E-state index in [4.69, 9.17) is 4.74 Å². The first kappa shape index (κ1) is 16.5. The minimum Gasteiger partial charge on any atom is -0.508 e. The van der Waals surface area contributed by atoms with Gasteiger partial charge >= 0.3 is 5.97 Å². The number of ether oxygens (including phenoxy) is 1. The summed E-state index contributed by atoms with van der Waals surface area (Å²) in [5, 5.41) is 9.23. The van der Waals surface area contributed by atoms with Gasteiger partial charge in [0.25, 0.3) is 0 Å².